The summed E-state index contributed by atoms with van der Waals surface area (Å²) >= 11 is 0. The molecule has 6 nitrogen and oxygen atoms in total. The molecule has 146 valence electrons. The number of nitrogens with zero attached hydrogens (tertiary/aromatic N) is 1. The summed E-state index contributed by atoms with van der Waals surface area (Å²) in [6.07, 6.45) is -4.44. The van der Waals surface area contributed by atoms with Crippen LogP contribution in [0, 0.1) is 11.3 Å². The van der Waals surface area contributed by atoms with E-state index in [1.165, 1.54) is 29.2 Å². The lowest BCUT2D eigenvalue weighted by Crippen LogP contribution is -2.40. The molecular weight excluding hydrogens is 365 g/mol. The van der Waals surface area contributed by atoms with E-state index >= 15 is 0 Å². The van der Waals surface area contributed by atoms with Crippen LogP contribution in [0.1, 0.15) is 30.8 Å². The van der Waals surface area contributed by atoms with Crippen LogP contribution in [-0.4, -0.2) is 46.3 Å². The smallest absolute Gasteiger partial charge is 0.481 e. The van der Waals surface area contributed by atoms with Crippen LogP contribution >= 0.6 is 0 Å². The number of fused-ring (bicyclic) bond motifs is 1. The third-order valence-electron chi connectivity index (χ3n) is 5.18. The first kappa shape index (κ1) is 19.1. The zero-order chi connectivity index (χ0) is 20.0. The average Bonchev–Trinajstić information content (AvgIpc) is 3.17. The van der Waals surface area contributed by atoms with Gasteiger partial charge >= 0.3 is 12.3 Å². The van der Waals surface area contributed by atoms with E-state index in [1.807, 2.05) is 13.8 Å². The van der Waals surface area contributed by atoms with Crippen molar-refractivity contribution in [3.8, 4) is 5.75 Å². The van der Waals surface area contributed by atoms with Crippen molar-refractivity contribution in [2.24, 2.45) is 11.3 Å². The second-order valence-corrected chi connectivity index (χ2v) is 7.07. The lowest BCUT2D eigenvalue weighted by molar-refractivity contribution is -0.274. The van der Waals surface area contributed by atoms with Gasteiger partial charge in [0.05, 0.1) is 5.41 Å². The topological polar surface area (TPSA) is 82.6 Å². The minimum atomic E-state index is -4.80. The first-order valence-electron chi connectivity index (χ1n) is 8.43. The number of aliphatic carboxylic acids is 1. The van der Waals surface area contributed by atoms with Gasteiger partial charge < -0.3 is 19.7 Å². The molecule has 1 aromatic carbocycles. The first-order valence-corrected chi connectivity index (χ1v) is 8.43. The van der Waals surface area contributed by atoms with Gasteiger partial charge in [-0.2, -0.15) is 0 Å². The normalized spacial score (nSPS) is 20.4. The summed E-state index contributed by atoms with van der Waals surface area (Å²) in [5.74, 6) is -1.84. The largest absolute Gasteiger partial charge is 0.573 e. The van der Waals surface area contributed by atoms with Gasteiger partial charge in [-0.1, -0.05) is 13.8 Å². The number of nitrogens with one attached hydrogen (secondary N) is 1. The maximum Gasteiger partial charge on any atom is 0.573 e. The van der Waals surface area contributed by atoms with Gasteiger partial charge in [0.15, 0.2) is 0 Å². The highest BCUT2D eigenvalue weighted by Crippen LogP contribution is 2.39. The fraction of sp³-hybridized carbons (Fsp3) is 0.444. The number of aromatic nitrogens is 1. The summed E-state index contributed by atoms with van der Waals surface area (Å²) in [7, 11) is 0. The quantitative estimate of drug-likeness (QED) is 0.843. The van der Waals surface area contributed by atoms with Crippen LogP contribution in [-0.2, 0) is 4.79 Å². The molecule has 27 heavy (non-hydrogen) atoms. The lowest BCUT2D eigenvalue weighted by atomic mass is 9.76. The summed E-state index contributed by atoms with van der Waals surface area (Å²) in [5, 5.41) is 10.1. The Morgan fingerprint density at radius 1 is 1.30 bits per heavy atom. The number of likely N-dealkylation sites (tertiary alicyclic amines) is 1. The van der Waals surface area contributed by atoms with Crippen LogP contribution in [0.5, 0.6) is 5.75 Å². The number of carbonyl (C=O) groups is 2. The highest BCUT2D eigenvalue weighted by Gasteiger charge is 2.48. The fourth-order valence-electron chi connectivity index (χ4n) is 3.49. The monoisotopic (exact) mass is 384 g/mol. The summed E-state index contributed by atoms with van der Waals surface area (Å²) < 4.78 is 40.9. The Hall–Kier alpha value is -2.71. The zero-order valence-electron chi connectivity index (χ0n) is 14.8. The molecule has 1 aliphatic rings. The van der Waals surface area contributed by atoms with Crippen LogP contribution in [0.15, 0.2) is 24.3 Å². The molecule has 9 heteroatoms. The van der Waals surface area contributed by atoms with E-state index < -0.39 is 17.7 Å². The molecule has 1 fully saturated rings. The number of alkyl halides is 3. The second kappa shape index (κ2) is 6.47. The van der Waals surface area contributed by atoms with Gasteiger partial charge in [-0.15, -0.1) is 13.2 Å². The van der Waals surface area contributed by atoms with Crippen molar-refractivity contribution in [2.75, 3.05) is 13.1 Å². The number of carbonyl (C=O) groups excluding carboxylic acids is 1. The molecule has 1 amide bonds. The number of amides is 1. The highest BCUT2D eigenvalue weighted by atomic mass is 19.4. The SMILES string of the molecule is CC(C)C1(C(=O)O)CCN(C(=O)c2cc3ccc(OC(F)(F)F)cc3[nH]2)C1. The summed E-state index contributed by atoms with van der Waals surface area (Å²) in [5.41, 5.74) is -0.471. The van der Waals surface area contributed by atoms with E-state index in [4.69, 9.17) is 0 Å². The van der Waals surface area contributed by atoms with Gasteiger partial charge in [-0.3, -0.25) is 9.59 Å². The lowest BCUT2D eigenvalue weighted by Gasteiger charge is -2.28. The Bertz CT molecular complexity index is 890. The summed E-state index contributed by atoms with van der Waals surface area (Å²) in [6.45, 7) is 4.03. The predicted octanol–water partition coefficient (Wildman–Crippen LogP) is 3.64. The number of halogens is 3. The number of aromatic amines is 1. The Morgan fingerprint density at radius 2 is 2.00 bits per heavy atom. The van der Waals surface area contributed by atoms with E-state index in [2.05, 4.69) is 9.72 Å². The molecule has 3 rings (SSSR count). The molecule has 2 aromatic rings. The molecule has 0 saturated carbocycles. The van der Waals surface area contributed by atoms with Crippen LogP contribution < -0.4 is 4.74 Å². The molecule has 2 heterocycles. The third kappa shape index (κ3) is 3.58. The van der Waals surface area contributed by atoms with Crippen LogP contribution in [0.2, 0.25) is 0 Å². The van der Waals surface area contributed by atoms with Gasteiger partial charge in [-0.05, 0) is 30.5 Å². The summed E-state index contributed by atoms with van der Waals surface area (Å²) in [6, 6.07) is 5.29. The number of rotatable bonds is 4. The maximum absolute atomic E-state index is 12.8. The van der Waals surface area contributed by atoms with Gasteiger partial charge in [0.1, 0.15) is 11.4 Å². The number of carboxylic acid groups (broad SMARTS) is 1. The van der Waals surface area contributed by atoms with Crippen molar-refractivity contribution < 1.29 is 32.6 Å². The van der Waals surface area contributed by atoms with E-state index in [9.17, 15) is 27.9 Å². The van der Waals surface area contributed by atoms with E-state index in [0.29, 0.717) is 23.9 Å². The minimum absolute atomic E-state index is 0.0939. The first-order chi connectivity index (χ1) is 12.5. The van der Waals surface area contributed by atoms with Gasteiger partial charge in [-0.25, -0.2) is 0 Å². The molecule has 2 N–H and O–H groups in total. The number of benzene rings is 1. The van der Waals surface area contributed by atoms with Crippen molar-refractivity contribution in [1.29, 1.82) is 0 Å². The molecule has 1 atom stereocenters. The molecule has 1 aliphatic heterocycles. The number of ether oxygens (including phenoxy) is 1. The van der Waals surface area contributed by atoms with Crippen molar-refractivity contribution in [2.45, 2.75) is 26.6 Å². The van der Waals surface area contributed by atoms with Gasteiger partial charge in [0.2, 0.25) is 0 Å². The van der Waals surface area contributed by atoms with E-state index in [1.54, 1.807) is 0 Å². The Kier molecular flexibility index (Phi) is 4.57. The molecule has 0 radical (unpaired) electrons. The average molecular weight is 384 g/mol. The van der Waals surface area contributed by atoms with Gasteiger partial charge in [0, 0.05) is 30.1 Å². The van der Waals surface area contributed by atoms with Crippen molar-refractivity contribution in [3.63, 3.8) is 0 Å². The number of H-pyrrole nitrogens is 1. The van der Waals surface area contributed by atoms with Crippen molar-refractivity contribution in [3.05, 3.63) is 30.0 Å². The predicted molar refractivity (Wildman–Crippen MR) is 90.4 cm³/mol. The fourth-order valence-corrected chi connectivity index (χ4v) is 3.49. The Balaban J connectivity index is 1.83. The number of carboxylic acids is 1. The van der Waals surface area contributed by atoms with Crippen LogP contribution in [0.3, 0.4) is 0 Å². The number of hydrogen-bond acceptors (Lipinski definition) is 3. The molecule has 1 aromatic heterocycles. The Morgan fingerprint density at radius 3 is 2.56 bits per heavy atom. The molecule has 1 saturated heterocycles. The minimum Gasteiger partial charge on any atom is -0.481 e. The molecular formula is C18H19F3N2O4. The standard InChI is InChI=1S/C18H19F3N2O4/c1-10(2)17(16(25)26)5-6-23(9-17)15(24)14-7-11-3-4-12(8-13(11)22-14)27-18(19,20)21/h3-4,7-8,10,22H,5-6,9H2,1-2H3,(H,25,26). The van der Waals surface area contributed by atoms with Crippen LogP contribution in [0.4, 0.5) is 13.2 Å². The number of hydrogen-bond donors (Lipinski definition) is 2. The van der Waals surface area contributed by atoms with E-state index in [0.717, 1.165) is 0 Å². The Labute approximate surface area is 152 Å². The molecule has 0 bridgehead atoms. The van der Waals surface area contributed by atoms with Crippen molar-refractivity contribution >= 4 is 22.8 Å². The molecule has 0 spiro atoms. The molecule has 0 aliphatic carbocycles. The second-order valence-electron chi connectivity index (χ2n) is 7.07. The zero-order valence-corrected chi connectivity index (χ0v) is 14.8. The summed E-state index contributed by atoms with van der Waals surface area (Å²) in [4.78, 5) is 28.7. The van der Waals surface area contributed by atoms with Crippen LogP contribution in [0.25, 0.3) is 10.9 Å². The van der Waals surface area contributed by atoms with E-state index in [-0.39, 0.29) is 29.8 Å². The highest BCUT2D eigenvalue weighted by molar-refractivity contribution is 5.98. The molecule has 1 unspecified atom stereocenters. The van der Waals surface area contributed by atoms with Crippen molar-refractivity contribution in [1.82, 2.24) is 9.88 Å². The maximum atomic E-state index is 12.8. The third-order valence-corrected chi connectivity index (χ3v) is 5.18. The van der Waals surface area contributed by atoms with Gasteiger partial charge in [0.25, 0.3) is 5.91 Å².